The summed E-state index contributed by atoms with van der Waals surface area (Å²) in [6, 6.07) is 10.1. The van der Waals surface area contributed by atoms with E-state index < -0.39 is 15.5 Å². The van der Waals surface area contributed by atoms with Gasteiger partial charge in [-0.1, -0.05) is 12.1 Å². The lowest BCUT2D eigenvalue weighted by atomic mass is 9.94. The first-order valence-electron chi connectivity index (χ1n) is 7.97. The monoisotopic (exact) mass is 399 g/mol. The van der Waals surface area contributed by atoms with Crippen molar-refractivity contribution in [1.82, 2.24) is 4.90 Å². The molecule has 0 atom stereocenters. The van der Waals surface area contributed by atoms with Crippen molar-refractivity contribution < 1.29 is 21.8 Å². The van der Waals surface area contributed by atoms with E-state index in [4.69, 9.17) is 20.2 Å². The second-order valence-corrected chi connectivity index (χ2v) is 8.53. The number of carbonyl (C=O) groups excluding carboxylic acids is 1. The van der Waals surface area contributed by atoms with Crippen molar-refractivity contribution >= 4 is 27.6 Å². The summed E-state index contributed by atoms with van der Waals surface area (Å²) < 4.78 is 32.5. The summed E-state index contributed by atoms with van der Waals surface area (Å²) in [6.07, 6.45) is 2.54. The molecule has 0 aliphatic carbocycles. The highest BCUT2D eigenvalue weighted by Gasteiger charge is 2.31. The zero-order valence-corrected chi connectivity index (χ0v) is 16.5. The fourth-order valence-corrected chi connectivity index (χ4v) is 2.90. The van der Waals surface area contributed by atoms with Crippen LogP contribution in [-0.4, -0.2) is 31.4 Å². The molecule has 0 spiro atoms. The third-order valence-electron chi connectivity index (χ3n) is 3.67. The van der Waals surface area contributed by atoms with Crippen molar-refractivity contribution in [3.05, 3.63) is 54.0 Å². The van der Waals surface area contributed by atoms with Gasteiger partial charge in [-0.3, -0.25) is 4.79 Å². The van der Waals surface area contributed by atoms with E-state index in [9.17, 15) is 13.2 Å². The van der Waals surface area contributed by atoms with Crippen LogP contribution in [0.4, 0.5) is 0 Å². The number of carbonyl (C=O) groups is 1. The number of halogens is 1. The van der Waals surface area contributed by atoms with Gasteiger partial charge in [-0.25, -0.2) is 0 Å². The summed E-state index contributed by atoms with van der Waals surface area (Å²) in [5.41, 5.74) is 0.115. The molecule has 0 unspecified atom stereocenters. The molecule has 142 valence electrons. The molecule has 8 heteroatoms. The Labute approximate surface area is 158 Å². The van der Waals surface area contributed by atoms with E-state index >= 15 is 0 Å². The quantitative estimate of drug-likeness (QED) is 0.502. The lowest BCUT2D eigenvalue weighted by Gasteiger charge is -2.30. The van der Waals surface area contributed by atoms with Gasteiger partial charge in [0.1, 0.15) is 11.5 Å². The number of alkyl halides is 1. The topological polar surface area (TPSA) is 76.8 Å². The van der Waals surface area contributed by atoms with Crippen LogP contribution in [0.15, 0.2) is 47.1 Å². The highest BCUT2D eigenvalue weighted by atomic mass is 35.5. The van der Waals surface area contributed by atoms with Crippen LogP contribution < -0.4 is 4.18 Å². The Morgan fingerprint density at radius 2 is 1.85 bits per heavy atom. The van der Waals surface area contributed by atoms with Gasteiger partial charge in [0.2, 0.25) is 5.91 Å². The van der Waals surface area contributed by atoms with Gasteiger partial charge in [-0.15, -0.1) is 11.6 Å². The summed E-state index contributed by atoms with van der Waals surface area (Å²) in [7, 11) is -3.58. The lowest BCUT2D eigenvalue weighted by molar-refractivity contribution is -0.140. The molecule has 6 nitrogen and oxygen atoms in total. The molecule has 1 heterocycles. The second-order valence-electron chi connectivity index (χ2n) is 6.69. The van der Waals surface area contributed by atoms with Gasteiger partial charge in [0.05, 0.1) is 24.5 Å². The first kappa shape index (κ1) is 20.3. The molecule has 1 aromatic heterocycles. The van der Waals surface area contributed by atoms with E-state index in [1.165, 1.54) is 0 Å². The molecule has 0 radical (unpaired) electrons. The number of furan rings is 1. The van der Waals surface area contributed by atoms with Crippen molar-refractivity contribution in [3.8, 4) is 5.75 Å². The van der Waals surface area contributed by atoms with Gasteiger partial charge in [0.25, 0.3) is 0 Å². The van der Waals surface area contributed by atoms with Crippen LogP contribution in [0.5, 0.6) is 5.75 Å². The normalized spacial score (nSPS) is 12.0. The molecule has 1 amide bonds. The van der Waals surface area contributed by atoms with Crippen LogP contribution in [0, 0.1) is 5.41 Å². The van der Waals surface area contributed by atoms with Crippen LogP contribution in [0.2, 0.25) is 0 Å². The van der Waals surface area contributed by atoms with Gasteiger partial charge < -0.3 is 13.5 Å². The molecule has 2 rings (SSSR count). The molecule has 2 aromatic rings. The zero-order valence-electron chi connectivity index (χ0n) is 14.9. The third kappa shape index (κ3) is 5.78. The Morgan fingerprint density at radius 1 is 1.19 bits per heavy atom. The van der Waals surface area contributed by atoms with Gasteiger partial charge in [-0.05, 0) is 43.7 Å². The fourth-order valence-electron chi connectivity index (χ4n) is 2.32. The van der Waals surface area contributed by atoms with E-state index in [0.29, 0.717) is 18.8 Å². The number of rotatable bonds is 8. The molecule has 0 saturated heterocycles. The van der Waals surface area contributed by atoms with Crippen LogP contribution in [0.25, 0.3) is 0 Å². The van der Waals surface area contributed by atoms with E-state index in [1.807, 2.05) is 0 Å². The summed E-state index contributed by atoms with van der Waals surface area (Å²) in [5, 5.41) is 0. The highest BCUT2D eigenvalue weighted by molar-refractivity contribution is 7.86. The van der Waals surface area contributed by atoms with Crippen LogP contribution >= 0.6 is 11.6 Å². The maximum atomic E-state index is 12.9. The molecule has 0 aliphatic rings. The first-order chi connectivity index (χ1) is 12.1. The molecular weight excluding hydrogens is 378 g/mol. The minimum Gasteiger partial charge on any atom is -0.467 e. The third-order valence-corrected chi connectivity index (χ3v) is 4.83. The zero-order chi connectivity index (χ0) is 19.4. The van der Waals surface area contributed by atoms with Gasteiger partial charge in [0.15, 0.2) is 0 Å². The smallest absolute Gasteiger partial charge is 0.306 e. The molecule has 26 heavy (non-hydrogen) atoms. The minimum absolute atomic E-state index is 0.0969. The Hall–Kier alpha value is -1.99. The van der Waals surface area contributed by atoms with Gasteiger partial charge >= 0.3 is 10.1 Å². The predicted molar refractivity (Wildman–Crippen MR) is 99.4 cm³/mol. The molecule has 0 N–H and O–H groups in total. The number of amides is 1. The lowest BCUT2D eigenvalue weighted by Crippen LogP contribution is -2.41. The average molecular weight is 400 g/mol. The van der Waals surface area contributed by atoms with Crippen molar-refractivity contribution in [2.24, 2.45) is 5.41 Å². The maximum absolute atomic E-state index is 12.9. The number of hydrogen-bond acceptors (Lipinski definition) is 5. The number of hydrogen-bond donors (Lipinski definition) is 0. The van der Waals surface area contributed by atoms with Crippen LogP contribution in [0.3, 0.4) is 0 Å². The summed E-state index contributed by atoms with van der Waals surface area (Å²) in [6.45, 7) is 4.23. The Kier molecular flexibility index (Phi) is 6.36. The summed E-state index contributed by atoms with van der Waals surface area (Å²) in [4.78, 5) is 14.5. The largest absolute Gasteiger partial charge is 0.467 e. The molecular formula is C18H22ClNO5S. The summed E-state index contributed by atoms with van der Waals surface area (Å²) in [5.74, 6) is 0.990. The SMILES string of the molecule is CC(C)(CCl)C(=O)N(Cc1ccc(OS(C)(=O)=O)cc1)Cc1ccco1. The Bertz CT molecular complexity index is 829. The summed E-state index contributed by atoms with van der Waals surface area (Å²) >= 11 is 5.95. The number of benzene rings is 1. The van der Waals surface area contributed by atoms with Crippen molar-refractivity contribution in [1.29, 1.82) is 0 Å². The molecule has 0 saturated carbocycles. The second kappa shape index (κ2) is 8.14. The predicted octanol–water partition coefficient (Wildman–Crippen LogP) is 3.41. The fraction of sp³-hybridized carbons (Fsp3) is 0.389. The van der Waals surface area contributed by atoms with E-state index in [-0.39, 0.29) is 17.5 Å². The van der Waals surface area contributed by atoms with Crippen molar-refractivity contribution in [2.45, 2.75) is 26.9 Å². The van der Waals surface area contributed by atoms with E-state index in [1.54, 1.807) is 61.4 Å². The molecule has 1 aromatic carbocycles. The van der Waals surface area contributed by atoms with Gasteiger partial charge in [0, 0.05) is 12.4 Å². The van der Waals surface area contributed by atoms with Crippen LogP contribution in [0.1, 0.15) is 25.2 Å². The number of nitrogens with zero attached hydrogens (tertiary/aromatic N) is 1. The Morgan fingerprint density at radius 3 is 2.35 bits per heavy atom. The maximum Gasteiger partial charge on any atom is 0.306 e. The van der Waals surface area contributed by atoms with Crippen LogP contribution in [-0.2, 0) is 28.0 Å². The standard InChI is InChI=1S/C18H22ClNO5S/c1-18(2,13-19)17(21)20(12-16-5-4-10-24-16)11-14-6-8-15(9-7-14)25-26(3,22)23/h4-10H,11-13H2,1-3H3. The molecule has 0 aliphatic heterocycles. The van der Waals surface area contributed by atoms with E-state index in [2.05, 4.69) is 0 Å². The van der Waals surface area contributed by atoms with Crippen molar-refractivity contribution in [2.75, 3.05) is 12.1 Å². The molecule has 0 bridgehead atoms. The first-order valence-corrected chi connectivity index (χ1v) is 10.3. The van der Waals surface area contributed by atoms with Crippen molar-refractivity contribution in [3.63, 3.8) is 0 Å². The van der Waals surface area contributed by atoms with E-state index in [0.717, 1.165) is 11.8 Å². The highest BCUT2D eigenvalue weighted by Crippen LogP contribution is 2.24. The molecule has 0 fully saturated rings. The Balaban J connectivity index is 2.19. The minimum atomic E-state index is -3.58. The van der Waals surface area contributed by atoms with Gasteiger partial charge in [-0.2, -0.15) is 8.42 Å². The average Bonchev–Trinajstić information content (AvgIpc) is 3.07.